The van der Waals surface area contributed by atoms with Crippen LogP contribution in [-0.2, 0) is 12.7 Å². The van der Waals surface area contributed by atoms with Crippen molar-refractivity contribution in [2.45, 2.75) is 44.1 Å². The fourth-order valence-electron chi connectivity index (χ4n) is 3.35. The highest BCUT2D eigenvalue weighted by molar-refractivity contribution is 5.85. The zero-order valence-electron chi connectivity index (χ0n) is 12.0. The number of fused-ring (bicyclic) bond motifs is 2. The fraction of sp³-hybridized carbons (Fsp3) is 0.600. The van der Waals surface area contributed by atoms with E-state index in [1.165, 1.54) is 6.07 Å². The number of nitrogens with one attached hydrogen (secondary N) is 1. The van der Waals surface area contributed by atoms with Crippen molar-refractivity contribution in [3.05, 3.63) is 35.1 Å². The quantitative estimate of drug-likeness (QED) is 0.829. The summed E-state index contributed by atoms with van der Waals surface area (Å²) in [6.45, 7) is 1.76. The molecular formula is C15H19ClF4N2. The van der Waals surface area contributed by atoms with Crippen molar-refractivity contribution in [3.8, 4) is 0 Å². The Bertz CT molecular complexity index is 521. The van der Waals surface area contributed by atoms with Crippen LogP contribution in [0.2, 0.25) is 0 Å². The second kappa shape index (κ2) is 6.72. The molecule has 0 amide bonds. The second-order valence-corrected chi connectivity index (χ2v) is 5.96. The van der Waals surface area contributed by atoms with Gasteiger partial charge in [0.05, 0.1) is 5.56 Å². The van der Waals surface area contributed by atoms with Crippen molar-refractivity contribution in [3.63, 3.8) is 0 Å². The Morgan fingerprint density at radius 1 is 1.14 bits per heavy atom. The van der Waals surface area contributed by atoms with Crippen LogP contribution in [-0.4, -0.2) is 30.1 Å². The molecule has 7 heteroatoms. The van der Waals surface area contributed by atoms with Crippen molar-refractivity contribution >= 4 is 12.4 Å². The summed E-state index contributed by atoms with van der Waals surface area (Å²) in [4.78, 5) is 2.04. The second-order valence-electron chi connectivity index (χ2n) is 5.96. The molecule has 2 saturated heterocycles. The SMILES string of the molecule is Cl.Fc1ccc(CN2CCC3CCC(C2)N3)c(C(F)(F)F)c1. The van der Waals surface area contributed by atoms with Gasteiger partial charge in [0.2, 0.25) is 0 Å². The lowest BCUT2D eigenvalue weighted by atomic mass is 10.0. The van der Waals surface area contributed by atoms with Gasteiger partial charge in [-0.2, -0.15) is 13.2 Å². The molecule has 3 rings (SSSR count). The van der Waals surface area contributed by atoms with Crippen LogP contribution in [0, 0.1) is 5.82 Å². The Labute approximate surface area is 133 Å². The van der Waals surface area contributed by atoms with E-state index >= 15 is 0 Å². The molecule has 2 heterocycles. The zero-order valence-corrected chi connectivity index (χ0v) is 12.8. The first-order chi connectivity index (χ1) is 9.91. The smallest absolute Gasteiger partial charge is 0.310 e. The van der Waals surface area contributed by atoms with Gasteiger partial charge in [0, 0.05) is 31.7 Å². The zero-order chi connectivity index (χ0) is 15.0. The first-order valence-corrected chi connectivity index (χ1v) is 7.26. The Balaban J connectivity index is 0.00000176. The molecule has 1 aromatic rings. The van der Waals surface area contributed by atoms with Gasteiger partial charge in [-0.05, 0) is 37.0 Å². The molecule has 2 aliphatic rings. The first-order valence-electron chi connectivity index (χ1n) is 7.26. The molecule has 1 N–H and O–H groups in total. The maximum Gasteiger partial charge on any atom is 0.416 e. The predicted molar refractivity (Wildman–Crippen MR) is 78.5 cm³/mol. The Morgan fingerprint density at radius 2 is 1.86 bits per heavy atom. The van der Waals surface area contributed by atoms with E-state index in [4.69, 9.17) is 0 Å². The van der Waals surface area contributed by atoms with Gasteiger partial charge in [0.1, 0.15) is 5.82 Å². The van der Waals surface area contributed by atoms with Gasteiger partial charge in [-0.15, -0.1) is 12.4 Å². The number of likely N-dealkylation sites (tertiary alicyclic amines) is 1. The summed E-state index contributed by atoms with van der Waals surface area (Å²) < 4.78 is 52.2. The Kier molecular flexibility index (Phi) is 5.35. The van der Waals surface area contributed by atoms with E-state index in [0.717, 1.165) is 38.4 Å². The van der Waals surface area contributed by atoms with E-state index in [0.29, 0.717) is 18.2 Å². The third kappa shape index (κ3) is 3.91. The molecule has 2 bridgehead atoms. The number of nitrogens with zero attached hydrogens (tertiary/aromatic N) is 1. The van der Waals surface area contributed by atoms with Crippen molar-refractivity contribution in [2.75, 3.05) is 13.1 Å². The van der Waals surface area contributed by atoms with Crippen LogP contribution < -0.4 is 5.32 Å². The number of hydrogen-bond acceptors (Lipinski definition) is 2. The summed E-state index contributed by atoms with van der Waals surface area (Å²) in [5.74, 6) is -0.845. The number of benzene rings is 1. The molecule has 0 saturated carbocycles. The van der Waals surface area contributed by atoms with Gasteiger partial charge < -0.3 is 5.32 Å². The summed E-state index contributed by atoms with van der Waals surface area (Å²) in [7, 11) is 0. The van der Waals surface area contributed by atoms with Gasteiger partial charge in [-0.3, -0.25) is 4.90 Å². The highest BCUT2D eigenvalue weighted by Gasteiger charge is 2.35. The van der Waals surface area contributed by atoms with Crippen molar-refractivity contribution in [1.29, 1.82) is 0 Å². The molecule has 1 aromatic carbocycles. The van der Waals surface area contributed by atoms with E-state index in [1.54, 1.807) is 0 Å². The summed E-state index contributed by atoms with van der Waals surface area (Å²) in [6, 6.07) is 3.82. The molecular weight excluding hydrogens is 320 g/mol. The van der Waals surface area contributed by atoms with Gasteiger partial charge in [-0.25, -0.2) is 4.39 Å². The van der Waals surface area contributed by atoms with Crippen LogP contribution in [0.5, 0.6) is 0 Å². The topological polar surface area (TPSA) is 15.3 Å². The van der Waals surface area contributed by atoms with Crippen LogP contribution >= 0.6 is 12.4 Å². The molecule has 124 valence electrons. The number of halogens is 5. The van der Waals surface area contributed by atoms with Gasteiger partial charge >= 0.3 is 6.18 Å². The van der Waals surface area contributed by atoms with Crippen LogP contribution in [0.25, 0.3) is 0 Å². The first kappa shape index (κ1) is 17.5. The van der Waals surface area contributed by atoms with Crippen molar-refractivity contribution < 1.29 is 17.6 Å². The maximum atomic E-state index is 13.1. The highest BCUT2D eigenvalue weighted by atomic mass is 35.5. The maximum absolute atomic E-state index is 13.1. The van der Waals surface area contributed by atoms with E-state index < -0.39 is 17.6 Å². The Morgan fingerprint density at radius 3 is 2.59 bits per heavy atom. The standard InChI is InChI=1S/C15H18F4N2.ClH/c16-11-2-1-10(14(7-11)15(17,18)19)8-21-6-5-12-3-4-13(9-21)20-12;/h1-2,7,12-13,20H,3-6,8-9H2;1H. The summed E-state index contributed by atoms with van der Waals surface area (Å²) in [6.07, 6.45) is -1.32. The molecule has 0 radical (unpaired) electrons. The van der Waals surface area contributed by atoms with Crippen LogP contribution in [0.4, 0.5) is 17.6 Å². The molecule has 22 heavy (non-hydrogen) atoms. The molecule has 2 fully saturated rings. The number of hydrogen-bond donors (Lipinski definition) is 1. The lowest BCUT2D eigenvalue weighted by Gasteiger charge is -2.25. The summed E-state index contributed by atoms with van der Waals surface area (Å²) in [5, 5.41) is 3.50. The van der Waals surface area contributed by atoms with E-state index in [-0.39, 0.29) is 24.5 Å². The van der Waals surface area contributed by atoms with Gasteiger partial charge in [-0.1, -0.05) is 6.07 Å². The highest BCUT2D eigenvalue weighted by Crippen LogP contribution is 2.33. The van der Waals surface area contributed by atoms with Crippen LogP contribution in [0.15, 0.2) is 18.2 Å². The van der Waals surface area contributed by atoms with E-state index in [9.17, 15) is 17.6 Å². The minimum absolute atomic E-state index is 0. The Hall–Kier alpha value is -0.850. The van der Waals surface area contributed by atoms with Crippen molar-refractivity contribution in [2.24, 2.45) is 0 Å². The molecule has 2 atom stereocenters. The monoisotopic (exact) mass is 338 g/mol. The lowest BCUT2D eigenvalue weighted by molar-refractivity contribution is -0.138. The molecule has 0 aliphatic carbocycles. The minimum Gasteiger partial charge on any atom is -0.310 e. The third-order valence-corrected chi connectivity index (χ3v) is 4.38. The van der Waals surface area contributed by atoms with Gasteiger partial charge in [0.25, 0.3) is 0 Å². The molecule has 2 aliphatic heterocycles. The number of alkyl halides is 3. The van der Waals surface area contributed by atoms with Crippen LogP contribution in [0.3, 0.4) is 0 Å². The third-order valence-electron chi connectivity index (χ3n) is 4.38. The fourth-order valence-corrected chi connectivity index (χ4v) is 3.35. The molecule has 0 aromatic heterocycles. The largest absolute Gasteiger partial charge is 0.416 e. The molecule has 0 spiro atoms. The lowest BCUT2D eigenvalue weighted by Crippen LogP contribution is -2.35. The normalized spacial score (nSPS) is 25.6. The average molecular weight is 339 g/mol. The van der Waals surface area contributed by atoms with E-state index in [2.05, 4.69) is 5.32 Å². The van der Waals surface area contributed by atoms with Crippen molar-refractivity contribution in [1.82, 2.24) is 10.2 Å². The molecule has 2 nitrogen and oxygen atoms in total. The summed E-state index contributed by atoms with van der Waals surface area (Å²) in [5.41, 5.74) is -0.702. The van der Waals surface area contributed by atoms with E-state index in [1.807, 2.05) is 4.90 Å². The van der Waals surface area contributed by atoms with Gasteiger partial charge in [0.15, 0.2) is 0 Å². The average Bonchev–Trinajstić information content (AvgIpc) is 2.73. The molecule has 2 unspecified atom stereocenters. The predicted octanol–water partition coefficient (Wildman–Crippen LogP) is 3.59. The van der Waals surface area contributed by atoms with Crippen LogP contribution in [0.1, 0.15) is 30.4 Å². The minimum atomic E-state index is -4.51. The number of rotatable bonds is 2. The summed E-state index contributed by atoms with van der Waals surface area (Å²) >= 11 is 0.